The zero-order valence-electron chi connectivity index (χ0n) is 8.54. The van der Waals surface area contributed by atoms with Crippen molar-refractivity contribution >= 4 is 5.57 Å². The second kappa shape index (κ2) is 3.31. The highest BCUT2D eigenvalue weighted by Crippen LogP contribution is 2.29. The lowest BCUT2D eigenvalue weighted by Gasteiger charge is -2.08. The van der Waals surface area contributed by atoms with Gasteiger partial charge in [-0.25, -0.2) is 0 Å². The third-order valence-corrected chi connectivity index (χ3v) is 2.74. The molecule has 0 saturated heterocycles. The standard InChI is InChI=1S/C13H13N/c1-9(2)11-5-3-10-4-6-12(8-14)13(10)7-11/h3,5-7,9H,4H2,1-2H3. The van der Waals surface area contributed by atoms with Crippen molar-refractivity contribution in [2.45, 2.75) is 26.2 Å². The number of nitrogens with zero attached hydrogens (tertiary/aromatic N) is 1. The van der Waals surface area contributed by atoms with Crippen molar-refractivity contribution in [1.29, 1.82) is 5.26 Å². The first-order valence-electron chi connectivity index (χ1n) is 4.96. The van der Waals surface area contributed by atoms with E-state index < -0.39 is 0 Å². The average Bonchev–Trinajstić information content (AvgIpc) is 2.59. The molecule has 0 unspecified atom stereocenters. The van der Waals surface area contributed by atoms with Crippen molar-refractivity contribution in [1.82, 2.24) is 0 Å². The smallest absolute Gasteiger partial charge is 0.0994 e. The van der Waals surface area contributed by atoms with E-state index in [1.54, 1.807) is 0 Å². The zero-order chi connectivity index (χ0) is 10.1. The molecule has 70 valence electrons. The minimum atomic E-state index is 0.529. The molecule has 0 heterocycles. The third-order valence-electron chi connectivity index (χ3n) is 2.74. The molecule has 1 aliphatic rings. The Balaban J connectivity index is 2.49. The Morgan fingerprint density at radius 2 is 2.14 bits per heavy atom. The molecule has 0 bridgehead atoms. The molecule has 1 aromatic rings. The molecule has 1 nitrogen and oxygen atoms in total. The van der Waals surface area contributed by atoms with E-state index in [2.05, 4.69) is 38.1 Å². The first-order valence-corrected chi connectivity index (χ1v) is 4.96. The number of hydrogen-bond donors (Lipinski definition) is 0. The summed E-state index contributed by atoms with van der Waals surface area (Å²) in [5.41, 5.74) is 4.57. The summed E-state index contributed by atoms with van der Waals surface area (Å²) < 4.78 is 0. The second-order valence-electron chi connectivity index (χ2n) is 4.01. The Morgan fingerprint density at radius 1 is 1.36 bits per heavy atom. The van der Waals surface area contributed by atoms with E-state index in [4.69, 9.17) is 5.26 Å². The lowest BCUT2D eigenvalue weighted by molar-refractivity contribution is 0.865. The normalized spacial score (nSPS) is 13.7. The lowest BCUT2D eigenvalue weighted by Crippen LogP contribution is -1.91. The molecule has 0 radical (unpaired) electrons. The van der Waals surface area contributed by atoms with Crippen LogP contribution in [0.1, 0.15) is 36.5 Å². The third kappa shape index (κ3) is 1.33. The van der Waals surface area contributed by atoms with Crippen molar-refractivity contribution in [3.05, 3.63) is 41.0 Å². The molecule has 1 aromatic carbocycles. The maximum atomic E-state index is 8.92. The monoisotopic (exact) mass is 183 g/mol. The van der Waals surface area contributed by atoms with Gasteiger partial charge >= 0.3 is 0 Å². The highest BCUT2D eigenvalue weighted by Gasteiger charge is 2.14. The predicted molar refractivity (Wildman–Crippen MR) is 57.8 cm³/mol. The van der Waals surface area contributed by atoms with Gasteiger partial charge in [-0.1, -0.05) is 32.1 Å². The van der Waals surface area contributed by atoms with Crippen LogP contribution in [-0.2, 0) is 6.42 Å². The van der Waals surface area contributed by atoms with Gasteiger partial charge in [-0.2, -0.15) is 5.26 Å². The van der Waals surface area contributed by atoms with Crippen molar-refractivity contribution in [3.8, 4) is 6.07 Å². The first-order chi connectivity index (χ1) is 6.72. The van der Waals surface area contributed by atoms with E-state index in [0.717, 1.165) is 17.6 Å². The summed E-state index contributed by atoms with van der Waals surface area (Å²) in [5.74, 6) is 0.529. The Hall–Kier alpha value is -1.55. The van der Waals surface area contributed by atoms with Crippen LogP contribution in [0, 0.1) is 11.3 Å². The van der Waals surface area contributed by atoms with Crippen molar-refractivity contribution < 1.29 is 0 Å². The number of allylic oxidation sites excluding steroid dienone is 2. The topological polar surface area (TPSA) is 23.8 Å². The van der Waals surface area contributed by atoms with Gasteiger partial charge in [0.2, 0.25) is 0 Å². The number of fused-ring (bicyclic) bond motifs is 1. The Kier molecular flexibility index (Phi) is 2.13. The SMILES string of the molecule is CC(C)c1ccc2c(c1)C(C#N)=CC2. The van der Waals surface area contributed by atoms with Crippen LogP contribution in [0.2, 0.25) is 0 Å². The Labute approximate surface area is 84.7 Å². The number of hydrogen-bond acceptors (Lipinski definition) is 1. The maximum absolute atomic E-state index is 8.92. The van der Waals surface area contributed by atoms with Gasteiger partial charge in [-0.05, 0) is 35.1 Å². The van der Waals surface area contributed by atoms with Crippen LogP contribution in [0.15, 0.2) is 24.3 Å². The largest absolute Gasteiger partial charge is 0.192 e. The molecular formula is C13H13N. The van der Waals surface area contributed by atoms with Gasteiger partial charge in [-0.3, -0.25) is 0 Å². The molecule has 1 heteroatoms. The quantitative estimate of drug-likeness (QED) is 0.655. The van der Waals surface area contributed by atoms with Crippen LogP contribution >= 0.6 is 0 Å². The lowest BCUT2D eigenvalue weighted by atomic mass is 9.97. The minimum absolute atomic E-state index is 0.529. The van der Waals surface area contributed by atoms with Crippen LogP contribution in [0.4, 0.5) is 0 Å². The van der Waals surface area contributed by atoms with Gasteiger partial charge in [-0.15, -0.1) is 0 Å². The maximum Gasteiger partial charge on any atom is 0.0994 e. The summed E-state index contributed by atoms with van der Waals surface area (Å²) in [6.45, 7) is 4.35. The van der Waals surface area contributed by atoms with Crippen molar-refractivity contribution in [2.75, 3.05) is 0 Å². The number of rotatable bonds is 1. The molecule has 0 aliphatic heterocycles. The van der Waals surface area contributed by atoms with E-state index in [-0.39, 0.29) is 0 Å². The van der Waals surface area contributed by atoms with Gasteiger partial charge in [0.05, 0.1) is 11.6 Å². The average molecular weight is 183 g/mol. The summed E-state index contributed by atoms with van der Waals surface area (Å²) in [7, 11) is 0. The number of benzene rings is 1. The molecule has 0 spiro atoms. The molecule has 0 atom stereocenters. The Bertz CT molecular complexity index is 433. The molecule has 0 saturated carbocycles. The van der Waals surface area contributed by atoms with E-state index in [1.165, 1.54) is 11.1 Å². The van der Waals surface area contributed by atoms with Gasteiger partial charge in [0, 0.05) is 0 Å². The fraction of sp³-hybridized carbons (Fsp3) is 0.308. The highest BCUT2D eigenvalue weighted by atomic mass is 14.3. The molecule has 0 N–H and O–H groups in total. The summed E-state index contributed by atoms with van der Waals surface area (Å²) >= 11 is 0. The van der Waals surface area contributed by atoms with Crippen molar-refractivity contribution in [2.24, 2.45) is 0 Å². The van der Waals surface area contributed by atoms with Gasteiger partial charge in [0.25, 0.3) is 0 Å². The first kappa shape index (κ1) is 9.02. The van der Waals surface area contributed by atoms with E-state index in [0.29, 0.717) is 5.92 Å². The summed E-state index contributed by atoms with van der Waals surface area (Å²) in [6.07, 6.45) is 2.92. The summed E-state index contributed by atoms with van der Waals surface area (Å²) in [6, 6.07) is 8.71. The summed E-state index contributed by atoms with van der Waals surface area (Å²) in [5, 5.41) is 8.92. The van der Waals surface area contributed by atoms with Gasteiger partial charge < -0.3 is 0 Å². The second-order valence-corrected chi connectivity index (χ2v) is 4.01. The van der Waals surface area contributed by atoms with Crippen LogP contribution in [0.3, 0.4) is 0 Å². The van der Waals surface area contributed by atoms with Crippen LogP contribution in [0.5, 0.6) is 0 Å². The van der Waals surface area contributed by atoms with Crippen LogP contribution < -0.4 is 0 Å². The molecule has 2 rings (SSSR count). The van der Waals surface area contributed by atoms with Gasteiger partial charge in [0.15, 0.2) is 0 Å². The fourth-order valence-electron chi connectivity index (χ4n) is 1.81. The number of nitriles is 1. The van der Waals surface area contributed by atoms with Crippen LogP contribution in [0.25, 0.3) is 5.57 Å². The zero-order valence-corrected chi connectivity index (χ0v) is 8.54. The Morgan fingerprint density at radius 3 is 2.79 bits per heavy atom. The van der Waals surface area contributed by atoms with Crippen LogP contribution in [-0.4, -0.2) is 0 Å². The fourth-order valence-corrected chi connectivity index (χ4v) is 1.81. The minimum Gasteiger partial charge on any atom is -0.192 e. The summed E-state index contributed by atoms with van der Waals surface area (Å²) in [4.78, 5) is 0. The highest BCUT2D eigenvalue weighted by molar-refractivity contribution is 5.82. The van der Waals surface area contributed by atoms with Gasteiger partial charge in [0.1, 0.15) is 0 Å². The van der Waals surface area contributed by atoms with E-state index in [1.807, 2.05) is 6.08 Å². The molecular weight excluding hydrogens is 170 g/mol. The van der Waals surface area contributed by atoms with E-state index in [9.17, 15) is 0 Å². The predicted octanol–water partition coefficient (Wildman–Crippen LogP) is 3.27. The molecule has 0 amide bonds. The van der Waals surface area contributed by atoms with E-state index >= 15 is 0 Å². The molecule has 1 aliphatic carbocycles. The molecule has 14 heavy (non-hydrogen) atoms. The molecule has 0 aromatic heterocycles. The van der Waals surface area contributed by atoms with Crippen molar-refractivity contribution in [3.63, 3.8) is 0 Å². The molecule has 0 fully saturated rings.